The molecular formula is C23H31N3O3S. The van der Waals surface area contributed by atoms with Gasteiger partial charge in [0.1, 0.15) is 0 Å². The largest absolute Gasteiger partial charge is 0.308 e. The summed E-state index contributed by atoms with van der Waals surface area (Å²) >= 11 is 0. The molecule has 1 unspecified atom stereocenters. The lowest BCUT2D eigenvalue weighted by atomic mass is 10.0. The first-order valence-corrected chi connectivity index (χ1v) is 11.8. The molecule has 1 aliphatic rings. The summed E-state index contributed by atoms with van der Waals surface area (Å²) in [5.74, 6) is -0.116. The highest BCUT2D eigenvalue weighted by Crippen LogP contribution is 2.25. The van der Waals surface area contributed by atoms with Gasteiger partial charge in [-0.05, 0) is 50.6 Å². The Bertz CT molecular complexity index is 965. The average Bonchev–Trinajstić information content (AvgIpc) is 3.26. The minimum Gasteiger partial charge on any atom is -0.308 e. The average molecular weight is 430 g/mol. The Hall–Kier alpha value is -2.06. The third kappa shape index (κ3) is 5.35. The number of nitrogens with zero attached hydrogens (tertiary/aromatic N) is 2. The summed E-state index contributed by atoms with van der Waals surface area (Å²) in [6.45, 7) is 5.06. The number of ketones is 1. The third-order valence-electron chi connectivity index (χ3n) is 5.60. The fourth-order valence-corrected chi connectivity index (χ4v) is 4.71. The number of benzene rings is 2. The molecule has 0 radical (unpaired) electrons. The molecule has 0 amide bonds. The first-order chi connectivity index (χ1) is 14.3. The van der Waals surface area contributed by atoms with Crippen LogP contribution in [0, 0.1) is 6.92 Å². The second-order valence-corrected chi connectivity index (χ2v) is 10.2. The Labute approximate surface area is 179 Å². The monoisotopic (exact) mass is 429 g/mol. The summed E-state index contributed by atoms with van der Waals surface area (Å²) in [7, 11) is -0.601. The molecule has 3 rings (SSSR count). The third-order valence-corrected chi connectivity index (χ3v) is 7.41. The maximum Gasteiger partial charge on any atom is 0.242 e. The van der Waals surface area contributed by atoms with Crippen LogP contribution in [-0.4, -0.2) is 63.7 Å². The number of hydrogen-bond acceptors (Lipinski definition) is 5. The van der Waals surface area contributed by atoms with E-state index in [-0.39, 0.29) is 23.3 Å². The molecule has 1 atom stereocenters. The summed E-state index contributed by atoms with van der Waals surface area (Å²) in [5, 5.41) is 3.30. The maximum atomic E-state index is 12.7. The molecule has 6 nitrogen and oxygen atoms in total. The van der Waals surface area contributed by atoms with Crippen molar-refractivity contribution in [2.75, 3.05) is 40.3 Å². The van der Waals surface area contributed by atoms with Gasteiger partial charge in [-0.3, -0.25) is 9.69 Å². The lowest BCUT2D eigenvalue weighted by Crippen LogP contribution is -2.36. The van der Waals surface area contributed by atoms with Crippen LogP contribution in [0.25, 0.3) is 0 Å². The van der Waals surface area contributed by atoms with Gasteiger partial charge in [-0.15, -0.1) is 0 Å². The molecule has 0 aromatic heterocycles. The minimum atomic E-state index is -3.56. The molecule has 0 spiro atoms. The highest BCUT2D eigenvalue weighted by atomic mass is 32.2. The van der Waals surface area contributed by atoms with Crippen LogP contribution < -0.4 is 5.32 Å². The summed E-state index contributed by atoms with van der Waals surface area (Å²) < 4.78 is 25.8. The van der Waals surface area contributed by atoms with E-state index in [1.807, 2.05) is 0 Å². The van der Waals surface area contributed by atoms with Gasteiger partial charge >= 0.3 is 0 Å². The molecule has 1 heterocycles. The molecule has 2 aromatic rings. The Kier molecular flexibility index (Phi) is 7.41. The molecule has 30 heavy (non-hydrogen) atoms. The van der Waals surface area contributed by atoms with Crippen molar-refractivity contribution in [1.82, 2.24) is 14.5 Å². The molecule has 0 saturated carbocycles. The van der Waals surface area contributed by atoms with Crippen LogP contribution in [0.4, 0.5) is 0 Å². The van der Waals surface area contributed by atoms with Crippen molar-refractivity contribution < 1.29 is 13.2 Å². The quantitative estimate of drug-likeness (QED) is 0.621. The molecule has 0 aliphatic carbocycles. The smallest absolute Gasteiger partial charge is 0.242 e. The van der Waals surface area contributed by atoms with Gasteiger partial charge in [-0.1, -0.05) is 42.0 Å². The number of nitrogens with one attached hydrogen (secondary N) is 1. The van der Waals surface area contributed by atoms with Gasteiger partial charge in [0.15, 0.2) is 5.78 Å². The maximum absolute atomic E-state index is 12.7. The van der Waals surface area contributed by atoms with Crippen molar-refractivity contribution in [1.29, 1.82) is 0 Å². The summed E-state index contributed by atoms with van der Waals surface area (Å²) in [4.78, 5) is 15.3. The number of likely N-dealkylation sites (tertiary alicyclic amines) is 1. The molecular weight excluding hydrogens is 398 g/mol. The van der Waals surface area contributed by atoms with E-state index in [0.29, 0.717) is 12.1 Å². The Morgan fingerprint density at radius 1 is 1.10 bits per heavy atom. The van der Waals surface area contributed by atoms with Crippen LogP contribution in [0.5, 0.6) is 0 Å². The minimum absolute atomic E-state index is 0.116. The van der Waals surface area contributed by atoms with Gasteiger partial charge in [0.2, 0.25) is 10.0 Å². The first-order valence-electron chi connectivity index (χ1n) is 10.4. The number of carbonyl (C=O) groups is 1. The van der Waals surface area contributed by atoms with Gasteiger partial charge in [0, 0.05) is 32.2 Å². The standard InChI is InChI=1S/C23H31N3O3S/c1-18-9-11-19(12-10-18)22(26-13-4-5-14-26)16-24-17-23(27)20-7-6-8-21(15-20)30(28,29)25(2)3/h6-12,15,22,24H,4-5,13-14,16-17H2,1-3H3. The number of carbonyl (C=O) groups excluding carboxylic acids is 1. The van der Waals surface area contributed by atoms with Crippen molar-refractivity contribution >= 4 is 15.8 Å². The molecule has 2 aromatic carbocycles. The van der Waals surface area contributed by atoms with E-state index in [1.54, 1.807) is 12.1 Å². The number of rotatable bonds is 9. The van der Waals surface area contributed by atoms with E-state index in [9.17, 15) is 13.2 Å². The van der Waals surface area contributed by atoms with E-state index in [0.717, 1.165) is 17.4 Å². The summed E-state index contributed by atoms with van der Waals surface area (Å²) in [6, 6.07) is 15.0. The zero-order valence-electron chi connectivity index (χ0n) is 18.0. The van der Waals surface area contributed by atoms with Gasteiger partial charge in [0.25, 0.3) is 0 Å². The van der Waals surface area contributed by atoms with Crippen LogP contribution in [0.15, 0.2) is 53.4 Å². The molecule has 0 bridgehead atoms. The molecule has 1 N–H and O–H groups in total. The van der Waals surface area contributed by atoms with Gasteiger partial charge in [0.05, 0.1) is 11.4 Å². The Balaban J connectivity index is 1.66. The van der Waals surface area contributed by atoms with Crippen LogP contribution >= 0.6 is 0 Å². The molecule has 7 heteroatoms. The molecule has 162 valence electrons. The number of Topliss-reactive ketones (excluding diaryl/α,β-unsaturated/α-hetero) is 1. The SMILES string of the molecule is Cc1ccc(C(CNCC(=O)c2cccc(S(=O)(=O)N(C)C)c2)N2CCCC2)cc1. The Morgan fingerprint density at radius 3 is 2.40 bits per heavy atom. The highest BCUT2D eigenvalue weighted by molar-refractivity contribution is 7.89. The van der Waals surface area contributed by atoms with E-state index >= 15 is 0 Å². The van der Waals surface area contributed by atoms with Crippen LogP contribution in [0.3, 0.4) is 0 Å². The fraction of sp³-hybridized carbons (Fsp3) is 0.435. The predicted molar refractivity (Wildman–Crippen MR) is 119 cm³/mol. The van der Waals surface area contributed by atoms with E-state index in [4.69, 9.17) is 0 Å². The lowest BCUT2D eigenvalue weighted by Gasteiger charge is -2.28. The fourth-order valence-electron chi connectivity index (χ4n) is 3.76. The zero-order chi connectivity index (χ0) is 21.7. The van der Waals surface area contributed by atoms with Crippen LogP contribution in [0.2, 0.25) is 0 Å². The molecule has 1 fully saturated rings. The summed E-state index contributed by atoms with van der Waals surface area (Å²) in [5.41, 5.74) is 2.88. The van der Waals surface area contributed by atoms with E-state index in [1.165, 1.54) is 50.2 Å². The van der Waals surface area contributed by atoms with E-state index in [2.05, 4.69) is 41.4 Å². The summed E-state index contributed by atoms with van der Waals surface area (Å²) in [6.07, 6.45) is 2.41. The van der Waals surface area contributed by atoms with Crippen molar-refractivity contribution in [3.8, 4) is 0 Å². The van der Waals surface area contributed by atoms with Crippen molar-refractivity contribution in [2.45, 2.75) is 30.7 Å². The second-order valence-electron chi connectivity index (χ2n) is 8.04. The molecule has 1 saturated heterocycles. The lowest BCUT2D eigenvalue weighted by molar-refractivity contribution is 0.0987. The van der Waals surface area contributed by atoms with Gasteiger partial charge in [-0.2, -0.15) is 0 Å². The predicted octanol–water partition coefficient (Wildman–Crippen LogP) is 2.85. The van der Waals surface area contributed by atoms with Gasteiger partial charge in [-0.25, -0.2) is 12.7 Å². The van der Waals surface area contributed by atoms with Crippen molar-refractivity contribution in [3.05, 3.63) is 65.2 Å². The van der Waals surface area contributed by atoms with Crippen LogP contribution in [0.1, 0.15) is 40.4 Å². The van der Waals surface area contributed by atoms with Crippen molar-refractivity contribution in [2.24, 2.45) is 0 Å². The normalized spacial score (nSPS) is 16.1. The first kappa shape index (κ1) is 22.6. The van der Waals surface area contributed by atoms with Gasteiger partial charge < -0.3 is 5.32 Å². The van der Waals surface area contributed by atoms with Crippen molar-refractivity contribution in [3.63, 3.8) is 0 Å². The second kappa shape index (κ2) is 9.83. The number of sulfonamides is 1. The molecule has 1 aliphatic heterocycles. The topological polar surface area (TPSA) is 69.7 Å². The van der Waals surface area contributed by atoms with Crippen LogP contribution in [-0.2, 0) is 10.0 Å². The number of hydrogen-bond donors (Lipinski definition) is 1. The van der Waals surface area contributed by atoms with E-state index < -0.39 is 10.0 Å². The number of aryl methyl sites for hydroxylation is 1. The highest BCUT2D eigenvalue weighted by Gasteiger charge is 2.24. The zero-order valence-corrected chi connectivity index (χ0v) is 18.8. The Morgan fingerprint density at radius 2 is 1.77 bits per heavy atom.